The summed E-state index contributed by atoms with van der Waals surface area (Å²) < 4.78 is 22.5. The van der Waals surface area contributed by atoms with Gasteiger partial charge in [-0.3, -0.25) is 4.79 Å². The first kappa shape index (κ1) is 21.5. The van der Waals surface area contributed by atoms with E-state index in [2.05, 4.69) is 26.6 Å². The lowest BCUT2D eigenvalue weighted by molar-refractivity contribution is -0.127. The van der Waals surface area contributed by atoms with Crippen molar-refractivity contribution in [3.8, 4) is 22.9 Å². The van der Waals surface area contributed by atoms with E-state index in [0.29, 0.717) is 29.9 Å². The molecular weight excluding hydrogens is 437 g/mol. The number of piperidine rings is 1. The Kier molecular flexibility index (Phi) is 5.62. The molecule has 10 heteroatoms. The molecule has 0 spiro atoms. The van der Waals surface area contributed by atoms with Crippen LogP contribution in [0.15, 0.2) is 61.4 Å². The predicted molar refractivity (Wildman–Crippen MR) is 124 cm³/mol. The largest absolute Gasteiger partial charge is 0.439 e. The van der Waals surface area contributed by atoms with Crippen molar-refractivity contribution in [1.82, 2.24) is 29.6 Å². The number of anilines is 1. The van der Waals surface area contributed by atoms with Crippen LogP contribution in [-0.2, 0) is 4.79 Å². The number of nitrogens with two attached hydrogens (primary N) is 1. The van der Waals surface area contributed by atoms with Crippen molar-refractivity contribution in [2.24, 2.45) is 0 Å². The maximum absolute atomic E-state index is 15.2. The van der Waals surface area contributed by atoms with Crippen molar-refractivity contribution in [2.45, 2.75) is 18.9 Å². The molecule has 0 radical (unpaired) electrons. The molecule has 4 heterocycles. The molecule has 2 N–H and O–H groups in total. The summed E-state index contributed by atoms with van der Waals surface area (Å²) in [7, 11) is 0. The number of carbonyl (C=O) groups is 1. The smallest absolute Gasteiger partial charge is 0.246 e. The minimum Gasteiger partial charge on any atom is -0.439 e. The number of benzene rings is 1. The summed E-state index contributed by atoms with van der Waals surface area (Å²) in [6.07, 6.45) is 4.23. The number of ether oxygens (including phenoxy) is 1. The van der Waals surface area contributed by atoms with Gasteiger partial charge in [-0.25, -0.2) is 14.6 Å². The first-order valence-electron chi connectivity index (χ1n) is 10.8. The molecule has 1 aliphatic rings. The summed E-state index contributed by atoms with van der Waals surface area (Å²) in [5.74, 6) is -0.0445. The highest BCUT2D eigenvalue weighted by molar-refractivity contribution is 5.98. The van der Waals surface area contributed by atoms with Gasteiger partial charge in [0.25, 0.3) is 0 Å². The SMILES string of the molecule is C=CC(=O)N1CCC[C@H](n2nc(-c3ccc(Oc4ccccc4)nc3F)c3c(N)ncnc32)C1. The first-order valence-corrected chi connectivity index (χ1v) is 10.8. The summed E-state index contributed by atoms with van der Waals surface area (Å²) in [4.78, 5) is 26.3. The third-order valence-corrected chi connectivity index (χ3v) is 5.79. The molecule has 0 unspecified atom stereocenters. The van der Waals surface area contributed by atoms with E-state index in [0.717, 1.165) is 12.8 Å². The van der Waals surface area contributed by atoms with Crippen molar-refractivity contribution in [2.75, 3.05) is 18.8 Å². The Bertz CT molecular complexity index is 1370. The number of fused-ring (bicyclic) bond motifs is 1. The fourth-order valence-corrected chi connectivity index (χ4v) is 4.18. The van der Waals surface area contributed by atoms with Crippen LogP contribution in [-0.4, -0.2) is 48.6 Å². The van der Waals surface area contributed by atoms with Crippen molar-refractivity contribution < 1.29 is 13.9 Å². The number of hydrogen-bond donors (Lipinski definition) is 1. The number of carbonyl (C=O) groups excluding carboxylic acids is 1. The van der Waals surface area contributed by atoms with Crippen LogP contribution in [0.5, 0.6) is 11.6 Å². The summed E-state index contributed by atoms with van der Waals surface area (Å²) in [5, 5.41) is 5.12. The molecular formula is C24H22FN7O2. The highest BCUT2D eigenvalue weighted by Crippen LogP contribution is 2.35. The summed E-state index contributed by atoms with van der Waals surface area (Å²) in [5.41, 5.74) is 7.08. The second-order valence-electron chi connectivity index (χ2n) is 7.94. The molecule has 1 aliphatic heterocycles. The summed E-state index contributed by atoms with van der Waals surface area (Å²) in [6.45, 7) is 4.66. The average molecular weight is 459 g/mol. The highest BCUT2D eigenvalue weighted by Gasteiger charge is 2.28. The topological polar surface area (TPSA) is 112 Å². The van der Waals surface area contributed by atoms with E-state index in [4.69, 9.17) is 10.5 Å². The molecule has 4 aromatic rings. The number of nitrogen functional groups attached to an aromatic ring is 1. The van der Waals surface area contributed by atoms with Crippen LogP contribution in [0.25, 0.3) is 22.3 Å². The number of hydrogen-bond acceptors (Lipinski definition) is 7. The maximum atomic E-state index is 15.2. The van der Waals surface area contributed by atoms with Gasteiger partial charge in [0.2, 0.25) is 17.7 Å². The maximum Gasteiger partial charge on any atom is 0.246 e. The zero-order valence-electron chi connectivity index (χ0n) is 18.3. The molecule has 0 aliphatic carbocycles. The van der Waals surface area contributed by atoms with Crippen molar-refractivity contribution >= 4 is 22.8 Å². The molecule has 5 rings (SSSR count). The number of para-hydroxylation sites is 1. The van der Waals surface area contributed by atoms with Gasteiger partial charge < -0.3 is 15.4 Å². The molecule has 34 heavy (non-hydrogen) atoms. The number of halogens is 1. The molecule has 1 fully saturated rings. The summed E-state index contributed by atoms with van der Waals surface area (Å²) >= 11 is 0. The molecule has 172 valence electrons. The van der Waals surface area contributed by atoms with E-state index in [1.165, 1.54) is 12.4 Å². The highest BCUT2D eigenvalue weighted by atomic mass is 19.1. The average Bonchev–Trinajstić information content (AvgIpc) is 3.25. The Hall–Kier alpha value is -4.34. The van der Waals surface area contributed by atoms with E-state index >= 15 is 4.39 Å². The number of amides is 1. The number of pyridine rings is 1. The van der Waals surface area contributed by atoms with Crippen LogP contribution >= 0.6 is 0 Å². The van der Waals surface area contributed by atoms with Gasteiger partial charge in [-0.1, -0.05) is 24.8 Å². The lowest BCUT2D eigenvalue weighted by Crippen LogP contribution is -2.40. The van der Waals surface area contributed by atoms with Gasteiger partial charge in [-0.05, 0) is 37.1 Å². The lowest BCUT2D eigenvalue weighted by atomic mass is 10.1. The minimum atomic E-state index is -0.754. The number of likely N-dealkylation sites (tertiary alicyclic amines) is 1. The third-order valence-electron chi connectivity index (χ3n) is 5.79. The Morgan fingerprint density at radius 1 is 1.21 bits per heavy atom. The van der Waals surface area contributed by atoms with Crippen LogP contribution in [0, 0.1) is 5.95 Å². The lowest BCUT2D eigenvalue weighted by Gasteiger charge is -2.32. The molecule has 3 aromatic heterocycles. The molecule has 1 saturated heterocycles. The fraction of sp³-hybridized carbons (Fsp3) is 0.208. The molecule has 1 atom stereocenters. The molecule has 0 saturated carbocycles. The number of rotatable bonds is 5. The van der Waals surface area contributed by atoms with E-state index in [1.807, 2.05) is 18.2 Å². The van der Waals surface area contributed by atoms with Crippen LogP contribution in [0.2, 0.25) is 0 Å². The van der Waals surface area contributed by atoms with Gasteiger partial charge in [-0.2, -0.15) is 14.5 Å². The fourth-order valence-electron chi connectivity index (χ4n) is 4.18. The molecule has 1 amide bonds. The Morgan fingerprint density at radius 3 is 2.79 bits per heavy atom. The standard InChI is InChI=1S/C24H22FN7O2/c1-2-19(33)31-12-6-7-15(13-31)32-24-20(23(26)27-14-28-24)21(30-32)17-10-11-18(29-22(17)25)34-16-8-4-3-5-9-16/h2-5,8-11,14-15H,1,6-7,12-13H2,(H2,26,27,28)/t15-/m0/s1. The molecule has 1 aromatic carbocycles. The molecule has 0 bridgehead atoms. The van der Waals surface area contributed by atoms with E-state index in [1.54, 1.807) is 33.8 Å². The van der Waals surface area contributed by atoms with E-state index in [9.17, 15) is 4.79 Å². The van der Waals surface area contributed by atoms with Gasteiger partial charge in [0, 0.05) is 19.2 Å². The van der Waals surface area contributed by atoms with Crippen LogP contribution in [0.3, 0.4) is 0 Å². The zero-order chi connectivity index (χ0) is 23.7. The van der Waals surface area contributed by atoms with Crippen LogP contribution in [0.4, 0.5) is 10.2 Å². The Balaban J connectivity index is 1.54. The minimum absolute atomic E-state index is 0.117. The number of nitrogens with zero attached hydrogens (tertiary/aromatic N) is 6. The van der Waals surface area contributed by atoms with Crippen molar-refractivity contribution in [3.63, 3.8) is 0 Å². The quantitative estimate of drug-likeness (QED) is 0.357. The van der Waals surface area contributed by atoms with Crippen LogP contribution < -0.4 is 10.5 Å². The molecule has 9 nitrogen and oxygen atoms in total. The first-order chi connectivity index (χ1) is 16.5. The van der Waals surface area contributed by atoms with Gasteiger partial charge in [0.1, 0.15) is 23.6 Å². The normalized spacial score (nSPS) is 15.9. The van der Waals surface area contributed by atoms with E-state index < -0.39 is 5.95 Å². The van der Waals surface area contributed by atoms with Gasteiger partial charge in [0.05, 0.1) is 17.0 Å². The van der Waals surface area contributed by atoms with Crippen molar-refractivity contribution in [3.05, 3.63) is 67.4 Å². The second-order valence-corrected chi connectivity index (χ2v) is 7.94. The third kappa shape index (κ3) is 3.94. The monoisotopic (exact) mass is 459 g/mol. The predicted octanol–water partition coefficient (Wildman–Crippen LogP) is 3.75. The Morgan fingerprint density at radius 2 is 2.03 bits per heavy atom. The second kappa shape index (κ2) is 8.89. The van der Waals surface area contributed by atoms with Gasteiger partial charge in [0.15, 0.2) is 5.65 Å². The van der Waals surface area contributed by atoms with Crippen LogP contribution in [0.1, 0.15) is 18.9 Å². The van der Waals surface area contributed by atoms with Gasteiger partial charge in [-0.15, -0.1) is 0 Å². The van der Waals surface area contributed by atoms with Gasteiger partial charge >= 0.3 is 0 Å². The zero-order valence-corrected chi connectivity index (χ0v) is 18.3. The van der Waals surface area contributed by atoms with E-state index in [-0.39, 0.29) is 34.9 Å². The van der Waals surface area contributed by atoms with Crippen molar-refractivity contribution in [1.29, 1.82) is 0 Å². The number of aromatic nitrogens is 5. The summed E-state index contributed by atoms with van der Waals surface area (Å²) in [6, 6.07) is 12.0. The Labute approximate surface area is 194 Å².